The number of fused-ring (bicyclic) bond motifs is 1. The number of aromatic hydroxyl groups is 4. The first-order valence-corrected chi connectivity index (χ1v) is 16.9. The molecule has 304 valence electrons. The molecular weight excluding hydrogens is 744 g/mol. The van der Waals surface area contributed by atoms with Gasteiger partial charge in [0.25, 0.3) is 0 Å². The number of phenolic OH excluding ortho intramolecular Hbond substituents is 4. The van der Waals surface area contributed by atoms with E-state index in [1.54, 1.807) is 0 Å². The Morgan fingerprint density at radius 3 is 2.00 bits per heavy atom. The molecule has 6 rings (SSSR count). The summed E-state index contributed by atoms with van der Waals surface area (Å²) in [5.74, 6) is -4.17. The third-order valence-electron chi connectivity index (χ3n) is 9.66. The van der Waals surface area contributed by atoms with Gasteiger partial charge in [-0.15, -0.1) is 0 Å². The van der Waals surface area contributed by atoms with Crippen molar-refractivity contribution in [2.45, 2.75) is 106 Å². The third-order valence-corrected chi connectivity index (χ3v) is 9.66. The standard InChI is InChI=1S/C34H42O21/c1-9-19(38)24(43)26(45)33(51-9)54-30-20(39)10(2)50-32(28(30)47)49-8-17-22(41)25(44)27(46)34(53-17)55-31-23(42)18-13(36)6-12(35)7-15(18)52-29(31)11-4-14(37)21(40)16(5-11)48-3/h4-7,9-10,17,19-20,22,24-28,30,32-41,43-47H,8H2,1-3H3. The van der Waals surface area contributed by atoms with Crippen LogP contribution in [0.15, 0.2) is 33.5 Å². The predicted octanol–water partition coefficient (Wildman–Crippen LogP) is -2.83. The van der Waals surface area contributed by atoms with Gasteiger partial charge in [0.05, 0.1) is 25.9 Å². The van der Waals surface area contributed by atoms with Crippen molar-refractivity contribution in [3.05, 3.63) is 34.5 Å². The van der Waals surface area contributed by atoms with Gasteiger partial charge in [-0.1, -0.05) is 0 Å². The maximum Gasteiger partial charge on any atom is 0.239 e. The lowest BCUT2D eigenvalue weighted by Crippen LogP contribution is -2.64. The van der Waals surface area contributed by atoms with Crippen LogP contribution in [0.25, 0.3) is 22.3 Å². The van der Waals surface area contributed by atoms with E-state index in [-0.39, 0.29) is 16.9 Å². The van der Waals surface area contributed by atoms with E-state index in [9.17, 15) is 66.1 Å². The van der Waals surface area contributed by atoms with E-state index in [1.807, 2.05) is 0 Å². The average molecular weight is 787 g/mol. The van der Waals surface area contributed by atoms with Gasteiger partial charge < -0.3 is 98.9 Å². The molecule has 21 nitrogen and oxygen atoms in total. The highest BCUT2D eigenvalue weighted by atomic mass is 16.7. The molecule has 15 atom stereocenters. The normalized spacial score (nSPS) is 36.8. The minimum absolute atomic E-state index is 0.155. The molecule has 3 aliphatic rings. The lowest BCUT2D eigenvalue weighted by atomic mass is 9.97. The zero-order chi connectivity index (χ0) is 40.2. The van der Waals surface area contributed by atoms with Crippen molar-refractivity contribution in [2.24, 2.45) is 0 Å². The number of aliphatic hydroxyl groups is 8. The van der Waals surface area contributed by atoms with Crippen LogP contribution in [0.1, 0.15) is 13.8 Å². The summed E-state index contributed by atoms with van der Waals surface area (Å²) in [6.07, 6.45) is -24.7. The number of methoxy groups -OCH3 is 1. The van der Waals surface area contributed by atoms with Crippen molar-refractivity contribution >= 4 is 11.0 Å². The lowest BCUT2D eigenvalue weighted by Gasteiger charge is -2.46. The third kappa shape index (κ3) is 7.59. The molecule has 55 heavy (non-hydrogen) atoms. The molecule has 4 heterocycles. The molecule has 0 aliphatic carbocycles. The second kappa shape index (κ2) is 15.8. The molecule has 3 fully saturated rings. The monoisotopic (exact) mass is 786 g/mol. The lowest BCUT2D eigenvalue weighted by molar-refractivity contribution is -0.358. The van der Waals surface area contributed by atoms with Gasteiger partial charge in [0.15, 0.2) is 29.8 Å². The topological polar surface area (TPSA) is 338 Å². The Hall–Kier alpha value is -4.07. The second-order valence-electron chi connectivity index (χ2n) is 13.4. The SMILES string of the molecule is COc1cc(-c2oc3cc(O)cc(O)c3c(=O)c2OC2OC(COC3OC(C)C(O)C(OC4OC(C)C(O)C(O)C4O)C3O)C(O)C(O)C2O)cc(O)c1O. The van der Waals surface area contributed by atoms with Crippen LogP contribution in [0.3, 0.4) is 0 Å². The van der Waals surface area contributed by atoms with Gasteiger partial charge in [0, 0.05) is 17.7 Å². The second-order valence-corrected chi connectivity index (χ2v) is 13.4. The highest BCUT2D eigenvalue weighted by Crippen LogP contribution is 2.43. The highest BCUT2D eigenvalue weighted by Gasteiger charge is 2.51. The van der Waals surface area contributed by atoms with Crippen LogP contribution in [0, 0.1) is 0 Å². The van der Waals surface area contributed by atoms with Crippen LogP contribution in [0.5, 0.6) is 34.5 Å². The summed E-state index contributed by atoms with van der Waals surface area (Å²) in [5, 5.41) is 126. The minimum atomic E-state index is -2.06. The van der Waals surface area contributed by atoms with Crippen molar-refractivity contribution in [2.75, 3.05) is 13.7 Å². The van der Waals surface area contributed by atoms with Crippen LogP contribution in [-0.2, 0) is 23.7 Å². The van der Waals surface area contributed by atoms with E-state index in [0.29, 0.717) is 0 Å². The molecule has 0 bridgehead atoms. The number of hydrogen-bond donors (Lipinski definition) is 12. The van der Waals surface area contributed by atoms with Gasteiger partial charge in [-0.05, 0) is 26.0 Å². The molecule has 1 aromatic heterocycles. The summed E-state index contributed by atoms with van der Waals surface area (Å²) in [7, 11) is 1.17. The van der Waals surface area contributed by atoms with Crippen molar-refractivity contribution in [1.29, 1.82) is 0 Å². The number of hydrogen-bond acceptors (Lipinski definition) is 21. The van der Waals surface area contributed by atoms with Crippen LogP contribution >= 0.6 is 0 Å². The quantitative estimate of drug-likeness (QED) is 0.0973. The molecule has 21 heteroatoms. The summed E-state index contributed by atoms with van der Waals surface area (Å²) < 4.78 is 44.7. The molecule has 3 saturated heterocycles. The number of rotatable bonds is 9. The molecule has 0 radical (unpaired) electrons. The Morgan fingerprint density at radius 2 is 1.31 bits per heavy atom. The smallest absolute Gasteiger partial charge is 0.239 e. The van der Waals surface area contributed by atoms with Gasteiger partial charge in [0.2, 0.25) is 23.2 Å². The van der Waals surface area contributed by atoms with E-state index < -0.39 is 144 Å². The van der Waals surface area contributed by atoms with Gasteiger partial charge in [-0.2, -0.15) is 0 Å². The molecule has 0 spiro atoms. The molecule has 2 aromatic carbocycles. The summed E-state index contributed by atoms with van der Waals surface area (Å²) >= 11 is 0. The number of phenols is 4. The molecule has 3 aromatic rings. The number of benzene rings is 2. The van der Waals surface area contributed by atoms with E-state index in [2.05, 4.69) is 0 Å². The summed E-state index contributed by atoms with van der Waals surface area (Å²) in [6, 6.07) is 3.94. The Kier molecular flexibility index (Phi) is 11.7. The zero-order valence-electron chi connectivity index (χ0n) is 29.2. The number of ether oxygens (including phenoxy) is 7. The Balaban J connectivity index is 1.26. The predicted molar refractivity (Wildman–Crippen MR) is 178 cm³/mol. The van der Waals surface area contributed by atoms with E-state index >= 15 is 0 Å². The highest BCUT2D eigenvalue weighted by molar-refractivity contribution is 5.88. The van der Waals surface area contributed by atoms with E-state index in [4.69, 9.17) is 37.6 Å². The van der Waals surface area contributed by atoms with E-state index in [1.165, 1.54) is 21.0 Å². The molecule has 3 aliphatic heterocycles. The van der Waals surface area contributed by atoms with Crippen LogP contribution in [-0.4, -0.2) is 167 Å². The molecular formula is C34H42O21. The average Bonchev–Trinajstić information content (AvgIpc) is 3.14. The fourth-order valence-electron chi connectivity index (χ4n) is 6.48. The summed E-state index contributed by atoms with van der Waals surface area (Å²) in [6.45, 7) is 2.08. The maximum atomic E-state index is 13.9. The first-order chi connectivity index (χ1) is 25.9. The summed E-state index contributed by atoms with van der Waals surface area (Å²) in [5.41, 5.74) is -1.61. The molecule has 15 unspecified atom stereocenters. The van der Waals surface area contributed by atoms with Crippen molar-refractivity contribution in [1.82, 2.24) is 0 Å². The maximum absolute atomic E-state index is 13.9. The first kappa shape index (κ1) is 40.6. The van der Waals surface area contributed by atoms with Crippen LogP contribution in [0.2, 0.25) is 0 Å². The Bertz CT molecular complexity index is 1900. The molecule has 0 saturated carbocycles. The van der Waals surface area contributed by atoms with Gasteiger partial charge >= 0.3 is 0 Å². The molecule has 12 N–H and O–H groups in total. The first-order valence-electron chi connectivity index (χ1n) is 16.9. The molecule has 0 amide bonds. The minimum Gasteiger partial charge on any atom is -0.508 e. The Labute approximate surface area is 309 Å². The van der Waals surface area contributed by atoms with Crippen LogP contribution < -0.4 is 14.9 Å². The summed E-state index contributed by atoms with van der Waals surface area (Å²) in [4.78, 5) is 13.9. The van der Waals surface area contributed by atoms with Crippen LogP contribution in [0.4, 0.5) is 0 Å². The largest absolute Gasteiger partial charge is 0.508 e. The fourth-order valence-corrected chi connectivity index (χ4v) is 6.48. The Morgan fingerprint density at radius 1 is 0.673 bits per heavy atom. The van der Waals surface area contributed by atoms with Gasteiger partial charge in [0.1, 0.15) is 83.5 Å². The van der Waals surface area contributed by atoms with Crippen molar-refractivity contribution in [3.63, 3.8) is 0 Å². The van der Waals surface area contributed by atoms with Crippen molar-refractivity contribution in [3.8, 4) is 45.8 Å². The number of aliphatic hydroxyl groups excluding tert-OH is 8. The van der Waals surface area contributed by atoms with E-state index in [0.717, 1.165) is 24.3 Å². The van der Waals surface area contributed by atoms with Gasteiger partial charge in [-0.25, -0.2) is 0 Å². The van der Waals surface area contributed by atoms with Crippen molar-refractivity contribution < 1.29 is 98.9 Å². The zero-order valence-corrected chi connectivity index (χ0v) is 29.2. The van der Waals surface area contributed by atoms with Gasteiger partial charge in [-0.3, -0.25) is 4.79 Å². The fraction of sp³-hybridized carbons (Fsp3) is 0.559.